The van der Waals surface area contributed by atoms with Crippen molar-refractivity contribution in [3.63, 3.8) is 0 Å². The summed E-state index contributed by atoms with van der Waals surface area (Å²) in [6.45, 7) is 7.68. The van der Waals surface area contributed by atoms with Gasteiger partial charge in [0.1, 0.15) is 0 Å². The molecule has 0 unspecified atom stereocenters. The molecule has 0 saturated carbocycles. The van der Waals surface area contributed by atoms with Crippen LogP contribution in [-0.4, -0.2) is 48.7 Å². The maximum Gasteiger partial charge on any atom is 0.156 e. The summed E-state index contributed by atoms with van der Waals surface area (Å²) in [6.07, 6.45) is 3.55. The minimum absolute atomic E-state index is 0.128. The summed E-state index contributed by atoms with van der Waals surface area (Å²) < 4.78 is 30.1. The molecule has 0 aromatic carbocycles. The Hall–Kier alpha value is -0.920. The van der Waals surface area contributed by atoms with E-state index >= 15 is 0 Å². The molecular formula is C13H25N3O3S. The molecule has 1 aromatic rings. The van der Waals surface area contributed by atoms with Crippen LogP contribution in [-0.2, 0) is 27.7 Å². The normalized spacial score (nSPS) is 12.8. The Morgan fingerprint density at radius 1 is 1.40 bits per heavy atom. The quantitative estimate of drug-likeness (QED) is 0.720. The maximum absolute atomic E-state index is 12.0. The largest absolute Gasteiger partial charge is 0.383 e. The summed E-state index contributed by atoms with van der Waals surface area (Å²) in [7, 11) is -1.43. The smallest absolute Gasteiger partial charge is 0.156 e. The molecule has 0 atom stereocenters. The van der Waals surface area contributed by atoms with Crippen LogP contribution in [0.15, 0.2) is 12.5 Å². The van der Waals surface area contributed by atoms with Gasteiger partial charge in [0.05, 0.1) is 29.1 Å². The van der Waals surface area contributed by atoms with Crippen LogP contribution in [0.5, 0.6) is 0 Å². The second-order valence-corrected chi connectivity index (χ2v) is 8.57. The molecule has 6 nitrogen and oxygen atoms in total. The fourth-order valence-corrected chi connectivity index (χ4v) is 2.61. The third kappa shape index (κ3) is 5.22. The average Bonchev–Trinajstić information content (AvgIpc) is 2.79. The number of nitrogens with one attached hydrogen (secondary N) is 1. The number of imidazole rings is 1. The number of ether oxygens (including phenoxy) is 1. The minimum atomic E-state index is -3.09. The molecule has 1 rings (SSSR count). The van der Waals surface area contributed by atoms with E-state index in [-0.39, 0.29) is 5.75 Å². The zero-order valence-electron chi connectivity index (χ0n) is 12.7. The van der Waals surface area contributed by atoms with Gasteiger partial charge in [-0.25, -0.2) is 13.4 Å². The first-order valence-corrected chi connectivity index (χ1v) is 8.34. The number of methoxy groups -OCH3 is 1. The standard InChI is InChI=1S/C13H25N3O3S/c1-13(2,3)20(17,18)8-6-16-10-12(15-11-16)9-14-5-7-19-4/h10-11,14H,5-9H2,1-4H3. The molecule has 7 heteroatoms. The molecule has 0 aliphatic rings. The van der Waals surface area contributed by atoms with E-state index in [0.29, 0.717) is 19.7 Å². The van der Waals surface area contributed by atoms with Gasteiger partial charge in [0.25, 0.3) is 0 Å². The van der Waals surface area contributed by atoms with E-state index in [2.05, 4.69) is 10.3 Å². The lowest BCUT2D eigenvalue weighted by Crippen LogP contribution is -2.31. The van der Waals surface area contributed by atoms with Crippen molar-refractivity contribution >= 4 is 9.84 Å². The van der Waals surface area contributed by atoms with Gasteiger partial charge in [-0.05, 0) is 20.8 Å². The van der Waals surface area contributed by atoms with E-state index in [0.717, 1.165) is 12.2 Å². The Morgan fingerprint density at radius 2 is 2.10 bits per heavy atom. The summed E-state index contributed by atoms with van der Waals surface area (Å²) >= 11 is 0. The van der Waals surface area contributed by atoms with Gasteiger partial charge in [0, 0.05) is 32.9 Å². The summed E-state index contributed by atoms with van der Waals surface area (Å²) in [5, 5.41) is 3.19. The highest BCUT2D eigenvalue weighted by molar-refractivity contribution is 7.92. The van der Waals surface area contributed by atoms with Crippen molar-refractivity contribution in [2.75, 3.05) is 26.0 Å². The summed E-state index contributed by atoms with van der Waals surface area (Å²) in [6, 6.07) is 0. The van der Waals surface area contributed by atoms with Gasteiger partial charge in [-0.15, -0.1) is 0 Å². The molecule has 0 saturated heterocycles. The van der Waals surface area contributed by atoms with Crippen LogP contribution in [0.25, 0.3) is 0 Å². The molecule has 20 heavy (non-hydrogen) atoms. The molecule has 0 spiro atoms. The predicted octanol–water partition coefficient (Wildman–Crippen LogP) is 0.832. The van der Waals surface area contributed by atoms with Crippen molar-refractivity contribution in [3.8, 4) is 0 Å². The van der Waals surface area contributed by atoms with Gasteiger partial charge in [-0.3, -0.25) is 0 Å². The number of hydrogen-bond acceptors (Lipinski definition) is 5. The zero-order chi connectivity index (χ0) is 15.2. The molecule has 1 N–H and O–H groups in total. The van der Waals surface area contributed by atoms with Gasteiger partial charge in [0.15, 0.2) is 9.84 Å². The van der Waals surface area contributed by atoms with Gasteiger partial charge >= 0.3 is 0 Å². The fourth-order valence-electron chi connectivity index (χ4n) is 1.54. The van der Waals surface area contributed by atoms with Crippen LogP contribution >= 0.6 is 0 Å². The Morgan fingerprint density at radius 3 is 2.70 bits per heavy atom. The first-order chi connectivity index (χ1) is 9.26. The van der Waals surface area contributed by atoms with Gasteiger partial charge < -0.3 is 14.6 Å². The average molecular weight is 303 g/mol. The second-order valence-electron chi connectivity index (χ2n) is 5.70. The third-order valence-electron chi connectivity index (χ3n) is 3.03. The fraction of sp³-hybridized carbons (Fsp3) is 0.769. The van der Waals surface area contributed by atoms with Crippen LogP contribution in [0.2, 0.25) is 0 Å². The summed E-state index contributed by atoms with van der Waals surface area (Å²) in [4.78, 5) is 4.24. The predicted molar refractivity (Wildman–Crippen MR) is 79.3 cm³/mol. The Kier molecular flexibility index (Phi) is 6.16. The lowest BCUT2D eigenvalue weighted by Gasteiger charge is -2.19. The number of aromatic nitrogens is 2. The highest BCUT2D eigenvalue weighted by atomic mass is 32.2. The molecule has 1 heterocycles. The van der Waals surface area contributed by atoms with Gasteiger partial charge in [-0.2, -0.15) is 0 Å². The Balaban J connectivity index is 2.45. The molecule has 0 bridgehead atoms. The van der Waals surface area contributed by atoms with Crippen LogP contribution in [0.3, 0.4) is 0 Å². The van der Waals surface area contributed by atoms with E-state index in [1.165, 1.54) is 0 Å². The van der Waals surface area contributed by atoms with E-state index in [1.54, 1.807) is 34.2 Å². The topological polar surface area (TPSA) is 73.2 Å². The van der Waals surface area contributed by atoms with Crippen LogP contribution in [0, 0.1) is 0 Å². The number of rotatable bonds is 8. The van der Waals surface area contributed by atoms with E-state index in [1.807, 2.05) is 10.8 Å². The van der Waals surface area contributed by atoms with Crippen LogP contribution in [0.4, 0.5) is 0 Å². The third-order valence-corrected chi connectivity index (χ3v) is 5.61. The van der Waals surface area contributed by atoms with Crippen molar-refractivity contribution < 1.29 is 13.2 Å². The minimum Gasteiger partial charge on any atom is -0.383 e. The highest BCUT2D eigenvalue weighted by Crippen LogP contribution is 2.16. The van der Waals surface area contributed by atoms with E-state index < -0.39 is 14.6 Å². The number of sulfone groups is 1. The van der Waals surface area contributed by atoms with Crippen molar-refractivity contribution in [1.29, 1.82) is 0 Å². The van der Waals surface area contributed by atoms with Crippen molar-refractivity contribution in [1.82, 2.24) is 14.9 Å². The highest BCUT2D eigenvalue weighted by Gasteiger charge is 2.28. The molecule has 0 radical (unpaired) electrons. The van der Waals surface area contributed by atoms with Gasteiger partial charge in [-0.1, -0.05) is 0 Å². The summed E-state index contributed by atoms with van der Waals surface area (Å²) in [5.41, 5.74) is 0.897. The molecule has 0 fully saturated rings. The molecule has 0 aliphatic carbocycles. The SMILES string of the molecule is COCCNCc1cn(CCS(=O)(=O)C(C)(C)C)cn1. The van der Waals surface area contributed by atoms with Crippen LogP contribution in [0.1, 0.15) is 26.5 Å². The van der Waals surface area contributed by atoms with Crippen LogP contribution < -0.4 is 5.32 Å². The summed E-state index contributed by atoms with van der Waals surface area (Å²) in [5.74, 6) is 0.128. The van der Waals surface area contributed by atoms with Crippen molar-refractivity contribution in [2.45, 2.75) is 38.6 Å². The maximum atomic E-state index is 12.0. The van der Waals surface area contributed by atoms with E-state index in [4.69, 9.17) is 4.74 Å². The molecule has 116 valence electrons. The molecular weight excluding hydrogens is 278 g/mol. The first-order valence-electron chi connectivity index (χ1n) is 6.69. The number of nitrogens with zero attached hydrogens (tertiary/aromatic N) is 2. The zero-order valence-corrected chi connectivity index (χ0v) is 13.5. The van der Waals surface area contributed by atoms with Gasteiger partial charge in [0.2, 0.25) is 0 Å². The number of aryl methyl sites for hydroxylation is 1. The monoisotopic (exact) mass is 303 g/mol. The lowest BCUT2D eigenvalue weighted by molar-refractivity contribution is 0.199. The van der Waals surface area contributed by atoms with Crippen molar-refractivity contribution in [2.24, 2.45) is 0 Å². The number of hydrogen-bond donors (Lipinski definition) is 1. The second kappa shape index (κ2) is 7.19. The first kappa shape index (κ1) is 17.1. The molecule has 1 aromatic heterocycles. The molecule has 0 amide bonds. The molecule has 0 aliphatic heterocycles. The Labute approximate surface area is 121 Å². The lowest BCUT2D eigenvalue weighted by atomic mass is 10.3. The Bertz CT molecular complexity index is 503. The van der Waals surface area contributed by atoms with E-state index in [9.17, 15) is 8.42 Å². The van der Waals surface area contributed by atoms with Crippen molar-refractivity contribution in [3.05, 3.63) is 18.2 Å².